The van der Waals surface area contributed by atoms with E-state index < -0.39 is 0 Å². The molecule has 0 aliphatic heterocycles. The first-order valence-corrected chi connectivity index (χ1v) is 6.14. The molecular formula is C13H16N4O3. The maximum atomic E-state index is 10.9. The molecule has 2 rings (SSSR count). The molecule has 0 aliphatic rings. The van der Waals surface area contributed by atoms with Gasteiger partial charge in [-0.15, -0.1) is 0 Å². The fourth-order valence-corrected chi connectivity index (χ4v) is 1.85. The molecule has 0 aliphatic carbocycles. The fraction of sp³-hybridized carbons (Fsp3) is 0.308. The molecule has 0 saturated carbocycles. The minimum Gasteiger partial charge on any atom is -0.383 e. The van der Waals surface area contributed by atoms with Gasteiger partial charge in [-0.2, -0.15) is 5.10 Å². The third-order valence-electron chi connectivity index (χ3n) is 2.94. The Morgan fingerprint density at radius 2 is 2.30 bits per heavy atom. The van der Waals surface area contributed by atoms with Crippen molar-refractivity contribution in [2.45, 2.75) is 13.5 Å². The van der Waals surface area contributed by atoms with Crippen molar-refractivity contribution in [3.63, 3.8) is 0 Å². The first kappa shape index (κ1) is 14.0. The summed E-state index contributed by atoms with van der Waals surface area (Å²) >= 11 is 0. The number of methoxy groups -OCH3 is 1. The van der Waals surface area contributed by atoms with Crippen LogP contribution in [0.3, 0.4) is 0 Å². The minimum atomic E-state index is -0.386. The second-order valence-electron chi connectivity index (χ2n) is 4.32. The molecule has 0 spiro atoms. The predicted molar refractivity (Wildman–Crippen MR) is 75.2 cm³/mol. The molecule has 7 nitrogen and oxygen atoms in total. The number of nitrogens with zero attached hydrogens (tertiary/aromatic N) is 3. The lowest BCUT2D eigenvalue weighted by Gasteiger charge is -2.07. The molecule has 1 aromatic heterocycles. The highest BCUT2D eigenvalue weighted by molar-refractivity contribution is 5.66. The topological polar surface area (TPSA) is 82.2 Å². The molecule has 0 radical (unpaired) electrons. The zero-order chi connectivity index (χ0) is 14.5. The van der Waals surface area contributed by atoms with Gasteiger partial charge in [-0.05, 0) is 13.0 Å². The third-order valence-corrected chi connectivity index (χ3v) is 2.94. The molecular weight excluding hydrogens is 260 g/mol. The van der Waals surface area contributed by atoms with Crippen molar-refractivity contribution in [2.24, 2.45) is 0 Å². The number of hydrogen-bond acceptors (Lipinski definition) is 5. The quantitative estimate of drug-likeness (QED) is 0.647. The first-order valence-electron chi connectivity index (χ1n) is 6.14. The van der Waals surface area contributed by atoms with Crippen molar-refractivity contribution in [3.05, 3.63) is 46.3 Å². The number of nitro benzene ring substituents is 1. The van der Waals surface area contributed by atoms with Crippen LogP contribution in [0, 0.1) is 17.0 Å². The highest BCUT2D eigenvalue weighted by atomic mass is 16.6. The summed E-state index contributed by atoms with van der Waals surface area (Å²) in [5.74, 6) is 0. The number of nitro groups is 1. The number of benzene rings is 1. The lowest BCUT2D eigenvalue weighted by molar-refractivity contribution is -0.385. The SMILES string of the molecule is COCCn1cc(Nc2cccc([N+](=O)[O-])c2C)cn1. The monoisotopic (exact) mass is 276 g/mol. The highest BCUT2D eigenvalue weighted by Gasteiger charge is 2.13. The Morgan fingerprint density at radius 1 is 1.50 bits per heavy atom. The van der Waals surface area contributed by atoms with E-state index >= 15 is 0 Å². The number of rotatable bonds is 6. The van der Waals surface area contributed by atoms with Crippen molar-refractivity contribution >= 4 is 17.1 Å². The van der Waals surface area contributed by atoms with Crippen molar-refractivity contribution in [3.8, 4) is 0 Å². The molecule has 1 N–H and O–H groups in total. The van der Waals surface area contributed by atoms with Crippen molar-refractivity contribution < 1.29 is 9.66 Å². The maximum Gasteiger partial charge on any atom is 0.274 e. The van der Waals surface area contributed by atoms with E-state index in [-0.39, 0.29) is 10.6 Å². The van der Waals surface area contributed by atoms with E-state index in [2.05, 4.69) is 10.4 Å². The summed E-state index contributed by atoms with van der Waals surface area (Å²) in [5.41, 5.74) is 2.18. The van der Waals surface area contributed by atoms with Crippen LogP contribution < -0.4 is 5.32 Å². The zero-order valence-corrected chi connectivity index (χ0v) is 11.4. The summed E-state index contributed by atoms with van der Waals surface area (Å²) in [6.45, 7) is 2.96. The van der Waals surface area contributed by atoms with Crippen LogP contribution in [0.4, 0.5) is 17.1 Å². The predicted octanol–water partition coefficient (Wildman–Crippen LogP) is 2.49. The first-order chi connectivity index (χ1) is 9.61. The van der Waals surface area contributed by atoms with Gasteiger partial charge in [0, 0.05) is 25.1 Å². The van der Waals surface area contributed by atoms with Gasteiger partial charge in [0.05, 0.1) is 35.5 Å². The summed E-state index contributed by atoms with van der Waals surface area (Å²) < 4.78 is 6.73. The van der Waals surface area contributed by atoms with Crippen LogP contribution >= 0.6 is 0 Å². The Kier molecular flexibility index (Phi) is 4.31. The van der Waals surface area contributed by atoms with Crippen molar-refractivity contribution in [1.82, 2.24) is 9.78 Å². The summed E-state index contributed by atoms with van der Waals surface area (Å²) in [7, 11) is 1.63. The molecule has 0 atom stereocenters. The van der Waals surface area contributed by atoms with Crippen molar-refractivity contribution in [2.75, 3.05) is 19.0 Å². The van der Waals surface area contributed by atoms with Gasteiger partial charge in [-0.3, -0.25) is 14.8 Å². The second kappa shape index (κ2) is 6.16. The van der Waals surface area contributed by atoms with Crippen LogP contribution in [0.25, 0.3) is 0 Å². The molecule has 1 heterocycles. The van der Waals surface area contributed by atoms with E-state index in [4.69, 9.17) is 4.74 Å². The van der Waals surface area contributed by atoms with Crippen LogP contribution in [0.1, 0.15) is 5.56 Å². The third kappa shape index (κ3) is 3.12. The molecule has 0 saturated heterocycles. The number of ether oxygens (including phenoxy) is 1. The fourth-order valence-electron chi connectivity index (χ4n) is 1.85. The van der Waals surface area contributed by atoms with E-state index in [0.29, 0.717) is 24.4 Å². The van der Waals surface area contributed by atoms with E-state index in [9.17, 15) is 10.1 Å². The Balaban J connectivity index is 2.16. The van der Waals surface area contributed by atoms with Crippen LogP contribution in [-0.4, -0.2) is 28.4 Å². The van der Waals surface area contributed by atoms with Gasteiger partial charge in [0.25, 0.3) is 5.69 Å². The molecule has 0 bridgehead atoms. The summed E-state index contributed by atoms with van der Waals surface area (Å²) in [6, 6.07) is 4.94. The van der Waals surface area contributed by atoms with E-state index in [1.807, 2.05) is 6.20 Å². The molecule has 1 aromatic carbocycles. The van der Waals surface area contributed by atoms with Gasteiger partial charge < -0.3 is 10.1 Å². The average molecular weight is 276 g/mol. The molecule has 20 heavy (non-hydrogen) atoms. The van der Waals surface area contributed by atoms with Crippen LogP contribution in [0.5, 0.6) is 0 Å². The van der Waals surface area contributed by atoms with E-state index in [1.54, 1.807) is 37.0 Å². The zero-order valence-electron chi connectivity index (χ0n) is 11.4. The van der Waals surface area contributed by atoms with Gasteiger partial charge in [0.15, 0.2) is 0 Å². The Bertz CT molecular complexity index is 609. The number of hydrogen-bond donors (Lipinski definition) is 1. The normalized spacial score (nSPS) is 10.5. The summed E-state index contributed by atoms with van der Waals surface area (Å²) in [6.07, 6.45) is 3.51. The average Bonchev–Trinajstić information content (AvgIpc) is 2.86. The van der Waals surface area contributed by atoms with Crippen LogP contribution in [-0.2, 0) is 11.3 Å². The molecule has 2 aromatic rings. The Labute approximate surface area is 116 Å². The van der Waals surface area contributed by atoms with Gasteiger partial charge in [-0.25, -0.2) is 0 Å². The molecule has 106 valence electrons. The smallest absolute Gasteiger partial charge is 0.274 e. The lowest BCUT2D eigenvalue weighted by Crippen LogP contribution is -2.04. The Hall–Kier alpha value is -2.41. The van der Waals surface area contributed by atoms with Gasteiger partial charge in [0.1, 0.15) is 0 Å². The largest absolute Gasteiger partial charge is 0.383 e. The van der Waals surface area contributed by atoms with Crippen molar-refractivity contribution in [1.29, 1.82) is 0 Å². The number of anilines is 2. The second-order valence-corrected chi connectivity index (χ2v) is 4.32. The molecule has 7 heteroatoms. The lowest BCUT2D eigenvalue weighted by atomic mass is 10.1. The number of aromatic nitrogens is 2. The maximum absolute atomic E-state index is 10.9. The van der Waals surface area contributed by atoms with Crippen LogP contribution in [0.2, 0.25) is 0 Å². The van der Waals surface area contributed by atoms with E-state index in [1.165, 1.54) is 6.07 Å². The van der Waals surface area contributed by atoms with Gasteiger partial charge in [0.2, 0.25) is 0 Å². The highest BCUT2D eigenvalue weighted by Crippen LogP contribution is 2.27. The molecule has 0 fully saturated rings. The standard InChI is InChI=1S/C13H16N4O3/c1-10-12(4-3-5-13(10)17(18)19)15-11-8-14-16(9-11)6-7-20-2/h3-5,8-9,15H,6-7H2,1-2H3. The minimum absolute atomic E-state index is 0.0989. The summed E-state index contributed by atoms with van der Waals surface area (Å²) in [5, 5.41) is 18.2. The van der Waals surface area contributed by atoms with Crippen LogP contribution in [0.15, 0.2) is 30.6 Å². The molecule has 0 unspecified atom stereocenters. The Morgan fingerprint density at radius 3 is 3.00 bits per heavy atom. The number of nitrogens with one attached hydrogen (secondary N) is 1. The summed E-state index contributed by atoms with van der Waals surface area (Å²) in [4.78, 5) is 10.5. The van der Waals surface area contributed by atoms with Gasteiger partial charge >= 0.3 is 0 Å². The van der Waals surface area contributed by atoms with E-state index in [0.717, 1.165) is 5.69 Å². The molecule has 0 amide bonds. The van der Waals surface area contributed by atoms with Gasteiger partial charge in [-0.1, -0.05) is 6.07 Å².